The van der Waals surface area contributed by atoms with Crippen molar-refractivity contribution in [2.24, 2.45) is 0 Å². The molecule has 1 aliphatic rings. The minimum absolute atomic E-state index is 0.200. The van der Waals surface area contributed by atoms with Gasteiger partial charge in [-0.15, -0.1) is 0 Å². The van der Waals surface area contributed by atoms with Gasteiger partial charge in [0.2, 0.25) is 0 Å². The van der Waals surface area contributed by atoms with Crippen LogP contribution in [0.15, 0.2) is 40.9 Å². The van der Waals surface area contributed by atoms with Crippen molar-refractivity contribution >= 4 is 27.5 Å². The van der Waals surface area contributed by atoms with Crippen molar-refractivity contribution in [3.8, 4) is 17.2 Å². The third-order valence-corrected chi connectivity index (χ3v) is 3.41. The first-order valence-corrected chi connectivity index (χ1v) is 7.02. The van der Waals surface area contributed by atoms with Crippen LogP contribution >= 0.6 is 15.9 Å². The molecular formula is C15H12BrNO3. The highest BCUT2D eigenvalue weighted by Crippen LogP contribution is 2.38. The Kier molecular flexibility index (Phi) is 3.36. The van der Waals surface area contributed by atoms with Crippen LogP contribution in [0, 0.1) is 0 Å². The average molecular weight is 334 g/mol. The summed E-state index contributed by atoms with van der Waals surface area (Å²) in [7, 11) is 0. The van der Waals surface area contributed by atoms with Gasteiger partial charge >= 0.3 is 0 Å². The lowest BCUT2D eigenvalue weighted by Crippen LogP contribution is -2.10. The minimum Gasteiger partial charge on any atom is -0.494 e. The molecule has 0 radical (unpaired) electrons. The molecule has 0 aromatic heterocycles. The summed E-state index contributed by atoms with van der Waals surface area (Å²) in [5.41, 5.74) is 1.10. The van der Waals surface area contributed by atoms with Gasteiger partial charge in [-0.25, -0.2) is 0 Å². The highest BCUT2D eigenvalue weighted by Gasteiger charge is 2.21. The van der Waals surface area contributed by atoms with Crippen LogP contribution in [-0.2, 0) is 0 Å². The summed E-state index contributed by atoms with van der Waals surface area (Å²) < 4.78 is 12.1. The van der Waals surface area contributed by atoms with E-state index in [1.807, 2.05) is 19.1 Å². The van der Waals surface area contributed by atoms with Crippen molar-refractivity contribution in [2.45, 2.75) is 6.92 Å². The number of halogens is 1. The largest absolute Gasteiger partial charge is 0.494 e. The molecule has 0 unspecified atom stereocenters. The number of hydrogen-bond acceptors (Lipinski definition) is 3. The monoisotopic (exact) mass is 333 g/mol. The molecule has 1 N–H and O–H groups in total. The van der Waals surface area contributed by atoms with Gasteiger partial charge in [0.15, 0.2) is 5.75 Å². The van der Waals surface area contributed by atoms with E-state index in [0.717, 1.165) is 4.47 Å². The lowest BCUT2D eigenvalue weighted by atomic mass is 10.2. The Balaban J connectivity index is 2.05. The van der Waals surface area contributed by atoms with Crippen molar-refractivity contribution in [1.29, 1.82) is 0 Å². The summed E-state index contributed by atoms with van der Waals surface area (Å²) >= 11 is 3.36. The summed E-state index contributed by atoms with van der Waals surface area (Å²) in [6.07, 6.45) is 0. The van der Waals surface area contributed by atoms with Crippen LogP contribution in [0.25, 0.3) is 0 Å². The molecule has 1 aliphatic heterocycles. The van der Waals surface area contributed by atoms with Crippen LogP contribution in [0.2, 0.25) is 0 Å². The number of hydrogen-bond donors (Lipinski definition) is 1. The first kappa shape index (κ1) is 13.0. The smallest absolute Gasteiger partial charge is 0.259 e. The average Bonchev–Trinajstić information content (AvgIpc) is 2.56. The molecular weight excluding hydrogens is 322 g/mol. The molecule has 0 saturated carbocycles. The van der Waals surface area contributed by atoms with E-state index in [1.165, 1.54) is 0 Å². The van der Waals surface area contributed by atoms with Crippen molar-refractivity contribution in [3.63, 3.8) is 0 Å². The Bertz CT molecular complexity index is 685. The van der Waals surface area contributed by atoms with E-state index in [-0.39, 0.29) is 5.91 Å². The standard InChI is InChI=1S/C15H12BrNO3/c1-2-19-10-4-6-14-12(8-10)17-15(18)11-7-9(16)3-5-13(11)20-14/h3-8H,2H2,1H3,(H,17,18). The summed E-state index contributed by atoms with van der Waals surface area (Å²) in [4.78, 5) is 12.2. The molecule has 0 aliphatic carbocycles. The second-order valence-corrected chi connectivity index (χ2v) is 5.20. The Labute approximate surface area is 124 Å². The Morgan fingerprint density at radius 3 is 2.80 bits per heavy atom. The lowest BCUT2D eigenvalue weighted by molar-refractivity contribution is 0.102. The second-order valence-electron chi connectivity index (χ2n) is 4.29. The van der Waals surface area contributed by atoms with Crippen LogP contribution < -0.4 is 14.8 Å². The molecule has 0 saturated heterocycles. The Hall–Kier alpha value is -2.01. The zero-order valence-electron chi connectivity index (χ0n) is 10.8. The number of carbonyl (C=O) groups excluding carboxylic acids is 1. The fourth-order valence-electron chi connectivity index (χ4n) is 2.03. The molecule has 5 heteroatoms. The van der Waals surface area contributed by atoms with Crippen molar-refractivity contribution in [3.05, 3.63) is 46.4 Å². The first-order chi connectivity index (χ1) is 9.67. The second kappa shape index (κ2) is 5.17. The summed E-state index contributed by atoms with van der Waals surface area (Å²) in [5.74, 6) is 1.63. The molecule has 4 nitrogen and oxygen atoms in total. The number of rotatable bonds is 2. The normalized spacial score (nSPS) is 12.6. The van der Waals surface area contributed by atoms with Gasteiger partial charge in [0.25, 0.3) is 5.91 Å². The first-order valence-electron chi connectivity index (χ1n) is 6.23. The molecule has 20 heavy (non-hydrogen) atoms. The SMILES string of the molecule is CCOc1ccc2c(c1)NC(=O)c1cc(Br)ccc1O2. The van der Waals surface area contributed by atoms with E-state index in [2.05, 4.69) is 21.2 Å². The maximum Gasteiger partial charge on any atom is 0.259 e. The molecule has 0 fully saturated rings. The quantitative estimate of drug-likeness (QED) is 0.895. The maximum atomic E-state index is 12.2. The lowest BCUT2D eigenvalue weighted by Gasteiger charge is -2.09. The third kappa shape index (κ3) is 2.36. The molecule has 2 aromatic rings. The molecule has 2 aromatic carbocycles. The summed E-state index contributed by atoms with van der Waals surface area (Å²) in [6.45, 7) is 2.48. The van der Waals surface area contributed by atoms with Crippen LogP contribution in [0.3, 0.4) is 0 Å². The van der Waals surface area contributed by atoms with E-state index in [4.69, 9.17) is 9.47 Å². The highest BCUT2D eigenvalue weighted by molar-refractivity contribution is 9.10. The van der Waals surface area contributed by atoms with Crippen LogP contribution in [0.1, 0.15) is 17.3 Å². The van der Waals surface area contributed by atoms with Gasteiger partial charge in [-0.05, 0) is 37.3 Å². The van der Waals surface area contributed by atoms with Gasteiger partial charge in [-0.1, -0.05) is 15.9 Å². The number of anilines is 1. The number of benzene rings is 2. The number of fused-ring (bicyclic) bond motifs is 2. The van der Waals surface area contributed by atoms with Crippen LogP contribution in [-0.4, -0.2) is 12.5 Å². The number of nitrogens with one attached hydrogen (secondary N) is 1. The zero-order valence-corrected chi connectivity index (χ0v) is 12.4. The van der Waals surface area contributed by atoms with Gasteiger partial charge in [0, 0.05) is 10.5 Å². The van der Waals surface area contributed by atoms with Gasteiger partial charge in [0.1, 0.15) is 11.5 Å². The fraction of sp³-hybridized carbons (Fsp3) is 0.133. The predicted octanol–water partition coefficient (Wildman–Crippen LogP) is 4.21. The number of carbonyl (C=O) groups is 1. The molecule has 0 bridgehead atoms. The molecule has 102 valence electrons. The van der Waals surface area contributed by atoms with E-state index >= 15 is 0 Å². The van der Waals surface area contributed by atoms with Gasteiger partial charge in [-0.2, -0.15) is 0 Å². The number of ether oxygens (including phenoxy) is 2. The minimum atomic E-state index is -0.200. The molecule has 3 rings (SSSR count). The van der Waals surface area contributed by atoms with Crippen molar-refractivity contribution < 1.29 is 14.3 Å². The predicted molar refractivity (Wildman–Crippen MR) is 79.8 cm³/mol. The number of amides is 1. The van der Waals surface area contributed by atoms with E-state index in [9.17, 15) is 4.79 Å². The highest BCUT2D eigenvalue weighted by atomic mass is 79.9. The third-order valence-electron chi connectivity index (χ3n) is 2.92. The Morgan fingerprint density at radius 2 is 2.00 bits per heavy atom. The molecule has 1 amide bonds. The maximum absolute atomic E-state index is 12.2. The zero-order chi connectivity index (χ0) is 14.1. The van der Waals surface area contributed by atoms with Crippen LogP contribution in [0.4, 0.5) is 5.69 Å². The van der Waals surface area contributed by atoms with E-state index in [0.29, 0.717) is 35.1 Å². The topological polar surface area (TPSA) is 47.6 Å². The van der Waals surface area contributed by atoms with E-state index in [1.54, 1.807) is 24.3 Å². The van der Waals surface area contributed by atoms with E-state index < -0.39 is 0 Å². The van der Waals surface area contributed by atoms with Crippen molar-refractivity contribution in [2.75, 3.05) is 11.9 Å². The van der Waals surface area contributed by atoms with Gasteiger partial charge < -0.3 is 14.8 Å². The fourth-order valence-corrected chi connectivity index (χ4v) is 2.39. The molecule has 1 heterocycles. The Morgan fingerprint density at radius 1 is 1.20 bits per heavy atom. The van der Waals surface area contributed by atoms with Gasteiger partial charge in [-0.3, -0.25) is 4.79 Å². The van der Waals surface area contributed by atoms with Gasteiger partial charge in [0.05, 0.1) is 17.9 Å². The molecule has 0 atom stereocenters. The summed E-state index contributed by atoms with van der Waals surface area (Å²) in [6, 6.07) is 10.7. The summed E-state index contributed by atoms with van der Waals surface area (Å²) in [5, 5.41) is 2.84. The molecule has 0 spiro atoms. The van der Waals surface area contributed by atoms with Crippen LogP contribution in [0.5, 0.6) is 17.2 Å². The van der Waals surface area contributed by atoms with Crippen molar-refractivity contribution in [1.82, 2.24) is 0 Å².